The molecule has 0 saturated carbocycles. The zero-order valence-corrected chi connectivity index (χ0v) is 22.0. The molecule has 4 rings (SSSR count). The first-order chi connectivity index (χ1) is 15.9. The van der Waals surface area contributed by atoms with Crippen LogP contribution in [0.1, 0.15) is 26.8 Å². The number of nitrogens with zero attached hydrogens (tertiary/aromatic N) is 3. The zero-order chi connectivity index (χ0) is 23.4. The van der Waals surface area contributed by atoms with Crippen molar-refractivity contribution in [2.24, 2.45) is 10.2 Å². The van der Waals surface area contributed by atoms with Gasteiger partial charge in [0.2, 0.25) is 0 Å². The number of hydrogen-bond acceptors (Lipinski definition) is 6. The maximum absolute atomic E-state index is 11.9. The molecular formula is C25H25N4NaO3S. The summed E-state index contributed by atoms with van der Waals surface area (Å²) in [6, 6.07) is 19.8. The number of nitrogen functional groups attached to an aromatic ring is 1. The van der Waals surface area contributed by atoms with Gasteiger partial charge in [-0.25, -0.2) is 0 Å². The van der Waals surface area contributed by atoms with E-state index in [0.717, 1.165) is 17.7 Å². The first-order valence-electron chi connectivity index (χ1n) is 10.6. The Morgan fingerprint density at radius 2 is 1.71 bits per heavy atom. The van der Waals surface area contributed by atoms with Crippen LogP contribution in [-0.4, -0.2) is 18.0 Å². The Morgan fingerprint density at radius 3 is 2.32 bits per heavy atom. The van der Waals surface area contributed by atoms with Gasteiger partial charge in [-0.1, -0.05) is 61.9 Å². The summed E-state index contributed by atoms with van der Waals surface area (Å²) in [5.41, 5.74) is 10.2. The number of azo groups is 1. The normalized spacial score (nSPS) is 11.6. The zero-order valence-electron chi connectivity index (χ0n) is 20.1. The van der Waals surface area contributed by atoms with Crippen molar-refractivity contribution in [1.29, 1.82) is 0 Å². The first-order valence-corrected chi connectivity index (χ1v) is 12.1. The van der Waals surface area contributed by atoms with E-state index in [2.05, 4.69) is 46.4 Å². The van der Waals surface area contributed by atoms with Crippen LogP contribution in [0.2, 0.25) is 0 Å². The van der Waals surface area contributed by atoms with E-state index in [1.54, 1.807) is 36.5 Å². The van der Waals surface area contributed by atoms with E-state index in [-0.39, 0.29) is 47.3 Å². The average molecular weight is 485 g/mol. The Bertz CT molecular complexity index is 1430. The SMILES string of the molecule is CCCCc1ccc(-c2ccc(N=Nc3cc(S(=O)(=O)O)c4ccccc4c3N)cn2)cc1.[H-].[Na+]. The van der Waals surface area contributed by atoms with Crippen molar-refractivity contribution in [1.82, 2.24) is 4.98 Å². The van der Waals surface area contributed by atoms with Crippen molar-refractivity contribution in [2.45, 2.75) is 31.1 Å². The van der Waals surface area contributed by atoms with Crippen LogP contribution in [0.25, 0.3) is 22.0 Å². The van der Waals surface area contributed by atoms with Gasteiger partial charge in [0, 0.05) is 16.3 Å². The van der Waals surface area contributed by atoms with Crippen molar-refractivity contribution < 1.29 is 44.0 Å². The van der Waals surface area contributed by atoms with Gasteiger partial charge in [-0.2, -0.15) is 8.42 Å². The van der Waals surface area contributed by atoms with Crippen LogP contribution in [0, 0.1) is 0 Å². The Balaban J connectivity index is 0.00000216. The van der Waals surface area contributed by atoms with Crippen molar-refractivity contribution in [3.63, 3.8) is 0 Å². The molecule has 0 spiro atoms. The summed E-state index contributed by atoms with van der Waals surface area (Å²) >= 11 is 0. The molecule has 1 heterocycles. The van der Waals surface area contributed by atoms with Gasteiger partial charge in [0.15, 0.2) is 0 Å². The topological polar surface area (TPSA) is 118 Å². The summed E-state index contributed by atoms with van der Waals surface area (Å²) in [5.74, 6) is 0. The van der Waals surface area contributed by atoms with E-state index < -0.39 is 10.1 Å². The van der Waals surface area contributed by atoms with E-state index in [1.807, 2.05) is 6.07 Å². The van der Waals surface area contributed by atoms with Crippen LogP contribution in [0.15, 0.2) is 88.1 Å². The third-order valence-corrected chi connectivity index (χ3v) is 6.29. The van der Waals surface area contributed by atoms with Gasteiger partial charge >= 0.3 is 29.6 Å². The number of hydrogen-bond donors (Lipinski definition) is 2. The second-order valence-electron chi connectivity index (χ2n) is 7.73. The van der Waals surface area contributed by atoms with E-state index in [1.165, 1.54) is 24.5 Å². The van der Waals surface area contributed by atoms with E-state index in [9.17, 15) is 13.0 Å². The molecule has 0 bridgehead atoms. The number of nitrogens with two attached hydrogens (primary N) is 1. The fourth-order valence-corrected chi connectivity index (χ4v) is 4.31. The van der Waals surface area contributed by atoms with Gasteiger partial charge < -0.3 is 7.16 Å². The Hall–Kier alpha value is -2.62. The minimum Gasteiger partial charge on any atom is -1.00 e. The molecule has 3 aromatic carbocycles. The first kappa shape index (κ1) is 26.0. The average Bonchev–Trinajstić information content (AvgIpc) is 2.82. The molecule has 0 atom stereocenters. The Labute approximate surface area is 222 Å². The molecule has 0 fully saturated rings. The number of rotatable bonds is 7. The van der Waals surface area contributed by atoms with Crippen LogP contribution in [0.5, 0.6) is 0 Å². The molecule has 0 aliphatic carbocycles. The van der Waals surface area contributed by atoms with E-state index >= 15 is 0 Å². The third-order valence-electron chi connectivity index (χ3n) is 5.39. The molecule has 0 saturated heterocycles. The van der Waals surface area contributed by atoms with Crippen molar-refractivity contribution in [2.75, 3.05) is 5.73 Å². The maximum Gasteiger partial charge on any atom is 1.00 e. The number of fused-ring (bicyclic) bond motifs is 1. The summed E-state index contributed by atoms with van der Waals surface area (Å²) in [6.07, 6.45) is 5.00. The van der Waals surface area contributed by atoms with Gasteiger partial charge in [-0.05, 0) is 36.6 Å². The fourth-order valence-electron chi connectivity index (χ4n) is 3.60. The Morgan fingerprint density at radius 1 is 1.00 bits per heavy atom. The molecular weight excluding hydrogens is 459 g/mol. The largest absolute Gasteiger partial charge is 1.00 e. The monoisotopic (exact) mass is 484 g/mol. The number of unbranched alkanes of at least 4 members (excludes halogenated alkanes) is 1. The summed E-state index contributed by atoms with van der Waals surface area (Å²) in [4.78, 5) is 4.19. The summed E-state index contributed by atoms with van der Waals surface area (Å²) in [5, 5.41) is 9.08. The van der Waals surface area contributed by atoms with Crippen LogP contribution in [-0.2, 0) is 16.5 Å². The van der Waals surface area contributed by atoms with Gasteiger partial charge in [-0.15, -0.1) is 10.2 Å². The second kappa shape index (κ2) is 11.2. The van der Waals surface area contributed by atoms with Crippen LogP contribution < -0.4 is 35.3 Å². The van der Waals surface area contributed by atoms with Gasteiger partial charge in [0.25, 0.3) is 10.1 Å². The van der Waals surface area contributed by atoms with Crippen LogP contribution in [0.3, 0.4) is 0 Å². The molecule has 1 aromatic heterocycles. The van der Waals surface area contributed by atoms with Gasteiger partial charge in [-0.3, -0.25) is 9.54 Å². The number of pyridine rings is 1. The van der Waals surface area contributed by atoms with Crippen LogP contribution in [0.4, 0.5) is 17.1 Å². The van der Waals surface area contributed by atoms with Crippen molar-refractivity contribution >= 4 is 38.0 Å². The smallest absolute Gasteiger partial charge is 1.00 e. The molecule has 0 unspecified atom stereocenters. The minimum absolute atomic E-state index is 0. The molecule has 0 aliphatic heterocycles. The third kappa shape index (κ3) is 5.89. The minimum atomic E-state index is -4.47. The second-order valence-corrected chi connectivity index (χ2v) is 9.12. The standard InChI is InChI=1S/C25H24N4O3S.Na.H/c1-2-3-6-17-9-11-18(12-10-17)22-14-13-19(16-27-22)28-29-23-15-24(33(30,31)32)20-7-4-5-8-21(20)25(23)26;;/h4-5,7-16H,2-3,6,26H2,1H3,(H,30,31,32);;/q;+1;-1. The fraction of sp³-hybridized carbons (Fsp3) is 0.160. The number of anilines is 1. The molecule has 34 heavy (non-hydrogen) atoms. The number of aromatic nitrogens is 1. The van der Waals surface area contributed by atoms with Crippen molar-refractivity contribution in [3.8, 4) is 11.3 Å². The molecule has 0 radical (unpaired) electrons. The molecule has 0 aliphatic rings. The van der Waals surface area contributed by atoms with E-state index in [4.69, 9.17) is 5.73 Å². The van der Waals surface area contributed by atoms with Gasteiger partial charge in [0.1, 0.15) is 16.3 Å². The summed E-state index contributed by atoms with van der Waals surface area (Å²) in [7, 11) is -4.47. The molecule has 170 valence electrons. The quantitative estimate of drug-likeness (QED) is 0.180. The van der Waals surface area contributed by atoms with Crippen molar-refractivity contribution in [3.05, 3.63) is 78.5 Å². The number of aryl methyl sites for hydroxylation is 1. The van der Waals surface area contributed by atoms with E-state index in [0.29, 0.717) is 16.5 Å². The molecule has 0 amide bonds. The molecule has 9 heteroatoms. The molecule has 7 nitrogen and oxygen atoms in total. The number of benzene rings is 3. The predicted octanol–water partition coefficient (Wildman–Crippen LogP) is 3.61. The predicted molar refractivity (Wildman–Crippen MR) is 132 cm³/mol. The van der Waals surface area contributed by atoms with Crippen LogP contribution >= 0.6 is 0 Å². The Kier molecular flexibility index (Phi) is 8.57. The van der Waals surface area contributed by atoms with Gasteiger partial charge in [0.05, 0.1) is 17.6 Å². The summed E-state index contributed by atoms with van der Waals surface area (Å²) < 4.78 is 33.4. The summed E-state index contributed by atoms with van der Waals surface area (Å²) in [6.45, 7) is 2.18. The molecule has 3 N–H and O–H groups in total. The maximum atomic E-state index is 11.9. The molecule has 4 aromatic rings.